The largest absolute Gasteiger partial charge is 0.310 e. The third-order valence-electron chi connectivity index (χ3n) is 13.5. The lowest BCUT2D eigenvalue weighted by molar-refractivity contribution is 0.768. The Bertz CT molecular complexity index is 3290. The van der Waals surface area contributed by atoms with E-state index in [1.54, 1.807) is 0 Å². The van der Waals surface area contributed by atoms with Crippen LogP contribution in [0.5, 0.6) is 0 Å². The molecule has 1 aliphatic rings. The van der Waals surface area contributed by atoms with Gasteiger partial charge in [0.25, 0.3) is 0 Å². The van der Waals surface area contributed by atoms with Gasteiger partial charge < -0.3 is 4.90 Å². The molecule has 1 nitrogen and oxygen atoms in total. The number of para-hydroxylation sites is 1. The lowest BCUT2D eigenvalue weighted by atomic mass is 9.67. The lowest BCUT2D eigenvalue weighted by Crippen LogP contribution is -2.74. The first-order valence-electron chi connectivity index (χ1n) is 22.1. The van der Waals surface area contributed by atoms with E-state index in [0.717, 1.165) is 17.1 Å². The van der Waals surface area contributed by atoms with Crippen molar-refractivity contribution < 1.29 is 0 Å². The van der Waals surface area contributed by atoms with E-state index in [-0.39, 0.29) is 0 Å². The lowest BCUT2D eigenvalue weighted by Gasteiger charge is -2.35. The van der Waals surface area contributed by atoms with Crippen LogP contribution in [0.1, 0.15) is 22.3 Å². The number of thiophene rings is 1. The van der Waals surface area contributed by atoms with Gasteiger partial charge in [0.15, 0.2) is 8.07 Å². The van der Waals surface area contributed by atoms with Crippen LogP contribution in [0.4, 0.5) is 17.1 Å². The summed E-state index contributed by atoms with van der Waals surface area (Å²) in [7, 11) is -2.68. The molecule has 0 spiro atoms. The number of benzene rings is 10. The molecule has 0 saturated carbocycles. The van der Waals surface area contributed by atoms with Gasteiger partial charge in [0, 0.05) is 37.2 Å². The topological polar surface area (TPSA) is 3.24 Å². The van der Waals surface area contributed by atoms with Gasteiger partial charge in [0.1, 0.15) is 0 Å². The van der Waals surface area contributed by atoms with Crippen molar-refractivity contribution in [3.8, 4) is 11.1 Å². The van der Waals surface area contributed by atoms with Crippen LogP contribution in [0.15, 0.2) is 261 Å². The number of nitrogens with zero attached hydrogens (tertiary/aromatic N) is 1. The van der Waals surface area contributed by atoms with Crippen molar-refractivity contribution in [2.24, 2.45) is 0 Å². The van der Waals surface area contributed by atoms with Crippen LogP contribution in [-0.4, -0.2) is 8.07 Å². The molecular weight excluding hydrogens is 807 g/mol. The number of rotatable bonds is 9. The quantitative estimate of drug-likeness (QED) is 0.103. The van der Waals surface area contributed by atoms with Gasteiger partial charge in [-0.25, -0.2) is 0 Å². The van der Waals surface area contributed by atoms with Crippen molar-refractivity contribution in [3.05, 3.63) is 283 Å². The summed E-state index contributed by atoms with van der Waals surface area (Å²) in [5.41, 5.74) is 10.6. The highest BCUT2D eigenvalue weighted by Crippen LogP contribution is 2.57. The number of anilines is 3. The first-order chi connectivity index (χ1) is 31.7. The highest BCUT2D eigenvalue weighted by Gasteiger charge is 2.46. The van der Waals surface area contributed by atoms with Crippen molar-refractivity contribution in [2.45, 2.75) is 5.41 Å². The molecule has 1 heterocycles. The predicted molar refractivity (Wildman–Crippen MR) is 275 cm³/mol. The van der Waals surface area contributed by atoms with E-state index in [1.807, 2.05) is 11.3 Å². The number of hydrogen-bond acceptors (Lipinski definition) is 2. The minimum atomic E-state index is -2.68. The number of fused-ring (bicyclic) bond motifs is 6. The van der Waals surface area contributed by atoms with Crippen LogP contribution in [-0.2, 0) is 5.41 Å². The van der Waals surface area contributed by atoms with Gasteiger partial charge in [0.05, 0.1) is 5.41 Å². The molecule has 0 bridgehead atoms. The molecule has 0 radical (unpaired) electrons. The maximum absolute atomic E-state index is 2.68. The van der Waals surface area contributed by atoms with Crippen LogP contribution in [0.3, 0.4) is 0 Å². The Hall–Kier alpha value is -7.56. The standard InChI is InChI=1S/C61H43NSSi/c1-7-21-44(22-8-1)61(45-23-9-2-10-24-45)57-34-20-19-33-53(57)54-38-35-47(41-58(54)61)62(46-25-11-3-12-26-46)48-36-39-55-56-40-37-52(43-60(56)63-59(55)42-48)64(49-27-13-4-14-28-49,50-29-15-5-16-30-50)51-31-17-6-18-32-51/h1-43H. The third kappa shape index (κ3) is 5.89. The normalized spacial score (nSPS) is 12.8. The fourth-order valence-electron chi connectivity index (χ4n) is 10.8. The summed E-state index contributed by atoms with van der Waals surface area (Å²) in [4.78, 5) is 2.44. The van der Waals surface area contributed by atoms with Crippen LogP contribution in [0.25, 0.3) is 31.3 Å². The van der Waals surface area contributed by atoms with Gasteiger partial charge >= 0.3 is 0 Å². The fourth-order valence-corrected chi connectivity index (χ4v) is 16.9. The van der Waals surface area contributed by atoms with Crippen molar-refractivity contribution in [1.29, 1.82) is 0 Å². The fraction of sp³-hybridized carbons (Fsp3) is 0.0164. The molecule has 0 N–H and O–H groups in total. The summed E-state index contributed by atoms with van der Waals surface area (Å²) < 4.78 is 2.58. The van der Waals surface area contributed by atoms with Crippen molar-refractivity contribution in [2.75, 3.05) is 4.90 Å². The molecule has 0 amide bonds. The van der Waals surface area contributed by atoms with Crippen LogP contribution in [0.2, 0.25) is 0 Å². The van der Waals surface area contributed by atoms with E-state index in [2.05, 4.69) is 266 Å². The summed E-state index contributed by atoms with van der Waals surface area (Å²) >= 11 is 1.90. The molecule has 302 valence electrons. The molecule has 12 rings (SSSR count). The minimum absolute atomic E-state index is 0.488. The van der Waals surface area contributed by atoms with E-state index in [4.69, 9.17) is 0 Å². The SMILES string of the molecule is c1ccc(N(c2ccc3c(c2)C(c2ccccc2)(c2ccccc2)c2ccccc2-3)c2ccc3c(c2)sc2cc([Si](c4ccccc4)(c4ccccc4)c4ccccc4)ccc23)cc1. The molecular formula is C61H43NSSi. The van der Waals surface area contributed by atoms with Crippen molar-refractivity contribution in [3.63, 3.8) is 0 Å². The monoisotopic (exact) mass is 849 g/mol. The first-order valence-corrected chi connectivity index (χ1v) is 24.9. The average Bonchev–Trinajstić information content (AvgIpc) is 3.89. The minimum Gasteiger partial charge on any atom is -0.310 e. The maximum Gasteiger partial charge on any atom is 0.179 e. The Labute approximate surface area is 379 Å². The van der Waals surface area contributed by atoms with Gasteiger partial charge in [-0.15, -0.1) is 11.3 Å². The second-order valence-electron chi connectivity index (χ2n) is 16.8. The Morgan fingerprint density at radius 3 is 1.33 bits per heavy atom. The Kier molecular flexibility index (Phi) is 9.33. The van der Waals surface area contributed by atoms with E-state index in [0.29, 0.717) is 0 Å². The van der Waals surface area contributed by atoms with Gasteiger partial charge in [-0.1, -0.05) is 218 Å². The summed E-state index contributed by atoms with van der Waals surface area (Å²) in [5, 5.41) is 8.12. The summed E-state index contributed by atoms with van der Waals surface area (Å²) in [5.74, 6) is 0. The highest BCUT2D eigenvalue weighted by molar-refractivity contribution is 7.26. The summed E-state index contributed by atoms with van der Waals surface area (Å²) in [6.07, 6.45) is 0. The Morgan fingerprint density at radius 1 is 0.312 bits per heavy atom. The average molecular weight is 850 g/mol. The second-order valence-corrected chi connectivity index (χ2v) is 21.7. The first kappa shape index (κ1) is 38.1. The van der Waals surface area contributed by atoms with Gasteiger partial charge in [-0.2, -0.15) is 0 Å². The molecule has 64 heavy (non-hydrogen) atoms. The predicted octanol–water partition coefficient (Wildman–Crippen LogP) is 13.3. The van der Waals surface area contributed by atoms with Gasteiger partial charge in [-0.05, 0) is 96.6 Å². The van der Waals surface area contributed by atoms with E-state index in [9.17, 15) is 0 Å². The summed E-state index contributed by atoms with van der Waals surface area (Å²) in [6.45, 7) is 0. The third-order valence-corrected chi connectivity index (χ3v) is 19.4. The van der Waals surface area contributed by atoms with Crippen LogP contribution in [0, 0.1) is 0 Å². The molecule has 0 atom stereocenters. The molecule has 0 unspecified atom stereocenters. The van der Waals surface area contributed by atoms with E-state index >= 15 is 0 Å². The zero-order valence-corrected chi connectivity index (χ0v) is 37.0. The van der Waals surface area contributed by atoms with Crippen molar-refractivity contribution >= 4 is 77.4 Å². The number of hydrogen-bond donors (Lipinski definition) is 0. The molecule has 1 aliphatic carbocycles. The van der Waals surface area contributed by atoms with E-state index < -0.39 is 13.5 Å². The molecule has 0 saturated heterocycles. The zero-order valence-electron chi connectivity index (χ0n) is 35.2. The second kappa shape index (κ2) is 15.7. The molecule has 11 aromatic rings. The molecule has 0 fully saturated rings. The highest BCUT2D eigenvalue weighted by atomic mass is 32.1. The van der Waals surface area contributed by atoms with Crippen LogP contribution >= 0.6 is 11.3 Å². The zero-order chi connectivity index (χ0) is 42.5. The smallest absolute Gasteiger partial charge is 0.179 e. The van der Waals surface area contributed by atoms with E-state index in [1.165, 1.54) is 74.3 Å². The molecule has 3 heteroatoms. The molecule has 0 aliphatic heterocycles. The molecule has 10 aromatic carbocycles. The Morgan fingerprint density at radius 2 is 0.750 bits per heavy atom. The molecule has 1 aromatic heterocycles. The van der Waals surface area contributed by atoms with Crippen LogP contribution < -0.4 is 25.6 Å². The van der Waals surface area contributed by atoms with Gasteiger partial charge in [-0.3, -0.25) is 0 Å². The van der Waals surface area contributed by atoms with Gasteiger partial charge in [0.2, 0.25) is 0 Å². The Balaban J connectivity index is 1.05. The summed E-state index contributed by atoms with van der Waals surface area (Å²) in [6, 6.07) is 97.2. The van der Waals surface area contributed by atoms with Crippen molar-refractivity contribution in [1.82, 2.24) is 0 Å². The maximum atomic E-state index is 2.51.